The average Bonchev–Trinajstić information content (AvgIpc) is 3.05. The van der Waals surface area contributed by atoms with Crippen molar-refractivity contribution in [2.75, 3.05) is 6.54 Å². The van der Waals surface area contributed by atoms with Gasteiger partial charge in [0.25, 0.3) is 0 Å². The Hall–Kier alpha value is -2.42. The van der Waals surface area contributed by atoms with Gasteiger partial charge in [-0.1, -0.05) is 0 Å². The lowest BCUT2D eigenvalue weighted by Crippen LogP contribution is -2.36. The van der Waals surface area contributed by atoms with E-state index in [0.29, 0.717) is 18.0 Å². The van der Waals surface area contributed by atoms with Crippen LogP contribution in [-0.4, -0.2) is 38.4 Å². The lowest BCUT2D eigenvalue weighted by molar-refractivity contribution is 0.0691. The summed E-state index contributed by atoms with van der Waals surface area (Å²) in [6.45, 7) is 0.675. The molecule has 2 rings (SSSR count). The summed E-state index contributed by atoms with van der Waals surface area (Å²) in [7, 11) is 1.84. The van der Waals surface area contributed by atoms with Crippen LogP contribution < -0.4 is 10.6 Å². The molecule has 3 N–H and O–H groups in total. The first-order valence-electron chi connectivity index (χ1n) is 6.22. The van der Waals surface area contributed by atoms with Crippen molar-refractivity contribution in [3.05, 3.63) is 34.0 Å². The highest BCUT2D eigenvalue weighted by Gasteiger charge is 2.09. The Morgan fingerprint density at radius 3 is 2.86 bits per heavy atom. The van der Waals surface area contributed by atoms with E-state index in [1.54, 1.807) is 4.68 Å². The summed E-state index contributed by atoms with van der Waals surface area (Å²) >= 11 is 1.20. The Balaban J connectivity index is 1.68. The molecule has 8 nitrogen and oxygen atoms in total. The maximum atomic E-state index is 11.6. The largest absolute Gasteiger partial charge is 0.476 e. The van der Waals surface area contributed by atoms with Gasteiger partial charge in [0.15, 0.2) is 5.69 Å². The number of nitrogens with zero attached hydrogens (tertiary/aromatic N) is 3. The quantitative estimate of drug-likeness (QED) is 0.724. The molecule has 0 aliphatic heterocycles. The van der Waals surface area contributed by atoms with Crippen molar-refractivity contribution in [1.82, 2.24) is 25.4 Å². The van der Waals surface area contributed by atoms with E-state index < -0.39 is 5.97 Å². The first kappa shape index (κ1) is 15.0. The van der Waals surface area contributed by atoms with Gasteiger partial charge in [0, 0.05) is 31.6 Å². The van der Waals surface area contributed by atoms with Crippen molar-refractivity contribution in [3.63, 3.8) is 0 Å². The predicted octanol–water partition coefficient (Wildman–Crippen LogP) is 0.617. The number of carbonyl (C=O) groups is 2. The molecule has 0 saturated carbocycles. The third-order valence-electron chi connectivity index (χ3n) is 2.61. The van der Waals surface area contributed by atoms with Gasteiger partial charge < -0.3 is 15.7 Å². The van der Waals surface area contributed by atoms with Crippen LogP contribution in [0, 0.1) is 0 Å². The number of amides is 2. The molecule has 9 heteroatoms. The SMILES string of the molecule is Cn1ccc(CCNC(=O)NCc2nc(C(=O)O)cs2)n1. The van der Waals surface area contributed by atoms with E-state index in [1.807, 2.05) is 19.3 Å². The van der Waals surface area contributed by atoms with Crippen LogP contribution >= 0.6 is 11.3 Å². The number of hydrogen-bond acceptors (Lipinski definition) is 5. The summed E-state index contributed by atoms with van der Waals surface area (Å²) in [5.41, 5.74) is 0.899. The molecular weight excluding hydrogens is 294 g/mol. The monoisotopic (exact) mass is 309 g/mol. The Bertz CT molecular complexity index is 636. The minimum atomic E-state index is -1.07. The van der Waals surface area contributed by atoms with E-state index in [-0.39, 0.29) is 18.3 Å². The van der Waals surface area contributed by atoms with Crippen LogP contribution in [0.15, 0.2) is 17.6 Å². The van der Waals surface area contributed by atoms with Crippen LogP contribution in [0.25, 0.3) is 0 Å². The highest BCUT2D eigenvalue weighted by atomic mass is 32.1. The number of aromatic carboxylic acids is 1. The van der Waals surface area contributed by atoms with Gasteiger partial charge in [-0.05, 0) is 6.07 Å². The fraction of sp³-hybridized carbons (Fsp3) is 0.333. The van der Waals surface area contributed by atoms with Gasteiger partial charge in [0.2, 0.25) is 0 Å². The maximum Gasteiger partial charge on any atom is 0.355 e. The van der Waals surface area contributed by atoms with Crippen molar-refractivity contribution >= 4 is 23.3 Å². The van der Waals surface area contributed by atoms with Gasteiger partial charge in [-0.2, -0.15) is 5.10 Å². The van der Waals surface area contributed by atoms with Gasteiger partial charge in [0.05, 0.1) is 12.2 Å². The zero-order chi connectivity index (χ0) is 15.2. The number of thiazole rings is 1. The molecule has 0 atom stereocenters. The van der Waals surface area contributed by atoms with Gasteiger partial charge in [-0.3, -0.25) is 4.68 Å². The van der Waals surface area contributed by atoms with E-state index >= 15 is 0 Å². The van der Waals surface area contributed by atoms with Gasteiger partial charge in [0.1, 0.15) is 5.01 Å². The smallest absolute Gasteiger partial charge is 0.355 e. The number of aromatic nitrogens is 3. The van der Waals surface area contributed by atoms with E-state index in [0.717, 1.165) is 5.69 Å². The second-order valence-corrected chi connectivity index (χ2v) is 5.21. The zero-order valence-corrected chi connectivity index (χ0v) is 12.2. The average molecular weight is 309 g/mol. The number of urea groups is 1. The zero-order valence-electron chi connectivity index (χ0n) is 11.4. The summed E-state index contributed by atoms with van der Waals surface area (Å²) in [5, 5.41) is 20.3. The number of carboxylic acid groups (broad SMARTS) is 1. The molecule has 0 aliphatic carbocycles. The van der Waals surface area contributed by atoms with E-state index in [9.17, 15) is 9.59 Å². The Morgan fingerprint density at radius 1 is 1.43 bits per heavy atom. The Morgan fingerprint density at radius 2 is 2.24 bits per heavy atom. The summed E-state index contributed by atoms with van der Waals surface area (Å²) in [4.78, 5) is 26.1. The van der Waals surface area contributed by atoms with Crippen LogP contribution in [0.4, 0.5) is 4.79 Å². The van der Waals surface area contributed by atoms with Crippen molar-refractivity contribution in [3.8, 4) is 0 Å². The number of carboxylic acids is 1. The molecule has 112 valence electrons. The predicted molar refractivity (Wildman–Crippen MR) is 76.2 cm³/mol. The summed E-state index contributed by atoms with van der Waals surface area (Å²) in [6.07, 6.45) is 2.49. The number of rotatable bonds is 6. The van der Waals surface area contributed by atoms with Crippen molar-refractivity contribution in [1.29, 1.82) is 0 Å². The minimum Gasteiger partial charge on any atom is -0.476 e. The van der Waals surface area contributed by atoms with Crippen LogP contribution in [-0.2, 0) is 20.0 Å². The van der Waals surface area contributed by atoms with Gasteiger partial charge in [-0.25, -0.2) is 14.6 Å². The van der Waals surface area contributed by atoms with Crippen molar-refractivity contribution in [2.24, 2.45) is 7.05 Å². The molecule has 0 unspecified atom stereocenters. The molecule has 2 aromatic rings. The van der Waals surface area contributed by atoms with Gasteiger partial charge in [-0.15, -0.1) is 11.3 Å². The Labute approximate surface area is 124 Å². The normalized spacial score (nSPS) is 10.3. The third kappa shape index (κ3) is 4.56. The second-order valence-electron chi connectivity index (χ2n) is 4.27. The van der Waals surface area contributed by atoms with Crippen molar-refractivity contribution in [2.45, 2.75) is 13.0 Å². The third-order valence-corrected chi connectivity index (χ3v) is 3.46. The van der Waals surface area contributed by atoms with Crippen LogP contribution in [0.2, 0.25) is 0 Å². The van der Waals surface area contributed by atoms with E-state index in [4.69, 9.17) is 5.11 Å². The molecule has 0 aromatic carbocycles. The number of hydrogen-bond donors (Lipinski definition) is 3. The molecule has 2 heterocycles. The number of aryl methyl sites for hydroxylation is 1. The summed E-state index contributed by atoms with van der Waals surface area (Å²) in [5.74, 6) is -1.07. The molecular formula is C12H15N5O3S. The first-order valence-corrected chi connectivity index (χ1v) is 7.10. The lowest BCUT2D eigenvalue weighted by Gasteiger charge is -2.05. The molecule has 2 amide bonds. The fourth-order valence-electron chi connectivity index (χ4n) is 1.61. The number of carbonyl (C=O) groups excluding carboxylic acids is 1. The number of nitrogens with one attached hydrogen (secondary N) is 2. The van der Waals surface area contributed by atoms with E-state index in [2.05, 4.69) is 20.7 Å². The molecule has 0 radical (unpaired) electrons. The van der Waals surface area contributed by atoms with Crippen LogP contribution in [0.1, 0.15) is 21.2 Å². The van der Waals surface area contributed by atoms with Crippen LogP contribution in [0.5, 0.6) is 0 Å². The molecule has 21 heavy (non-hydrogen) atoms. The molecule has 0 fully saturated rings. The summed E-state index contributed by atoms with van der Waals surface area (Å²) < 4.78 is 1.71. The standard InChI is InChI=1S/C12H15N5O3S/c1-17-5-3-8(16-17)2-4-13-12(20)14-6-10-15-9(7-21-10)11(18)19/h3,5,7H,2,4,6H2,1H3,(H,18,19)(H2,13,14,20). The topological polar surface area (TPSA) is 109 Å². The molecule has 0 bridgehead atoms. The highest BCUT2D eigenvalue weighted by Crippen LogP contribution is 2.09. The lowest BCUT2D eigenvalue weighted by atomic mass is 10.3. The highest BCUT2D eigenvalue weighted by molar-refractivity contribution is 7.09. The van der Waals surface area contributed by atoms with Crippen LogP contribution in [0.3, 0.4) is 0 Å². The fourth-order valence-corrected chi connectivity index (χ4v) is 2.32. The van der Waals surface area contributed by atoms with Crippen molar-refractivity contribution < 1.29 is 14.7 Å². The minimum absolute atomic E-state index is 0.00707. The summed E-state index contributed by atoms with van der Waals surface area (Å²) in [6, 6.07) is 1.57. The van der Waals surface area contributed by atoms with E-state index in [1.165, 1.54) is 16.7 Å². The molecule has 0 saturated heterocycles. The molecule has 0 aliphatic rings. The maximum absolute atomic E-state index is 11.6. The first-order chi connectivity index (χ1) is 10.0. The molecule has 2 aromatic heterocycles. The Kier molecular flexibility index (Phi) is 4.88. The van der Waals surface area contributed by atoms with Gasteiger partial charge >= 0.3 is 12.0 Å². The molecule has 0 spiro atoms. The second kappa shape index (κ2) is 6.84.